The van der Waals surface area contributed by atoms with E-state index in [-0.39, 0.29) is 11.3 Å². The van der Waals surface area contributed by atoms with E-state index in [9.17, 15) is 18.3 Å². The Kier molecular flexibility index (Phi) is 3.99. The van der Waals surface area contributed by atoms with Crippen LogP contribution in [0.15, 0.2) is 40.6 Å². The first-order chi connectivity index (χ1) is 10.9. The number of aromatic amines is 1. The van der Waals surface area contributed by atoms with Gasteiger partial charge in [-0.3, -0.25) is 4.79 Å². The zero-order valence-electron chi connectivity index (χ0n) is 12.4. The Morgan fingerprint density at radius 3 is 2.57 bits per heavy atom. The lowest BCUT2D eigenvalue weighted by molar-refractivity contribution is -0.136. The lowest BCUT2D eigenvalue weighted by atomic mass is 10.0. The van der Waals surface area contributed by atoms with Crippen molar-refractivity contribution in [1.82, 2.24) is 4.98 Å². The van der Waals surface area contributed by atoms with Gasteiger partial charge >= 0.3 is 5.97 Å². The highest BCUT2D eigenvalue weighted by Crippen LogP contribution is 2.35. The summed E-state index contributed by atoms with van der Waals surface area (Å²) in [4.78, 5) is 15.3. The van der Waals surface area contributed by atoms with E-state index in [0.717, 1.165) is 17.5 Å². The van der Waals surface area contributed by atoms with Gasteiger partial charge in [0, 0.05) is 29.1 Å². The van der Waals surface area contributed by atoms with Crippen LogP contribution in [0.25, 0.3) is 10.2 Å². The Bertz CT molecular complexity index is 968. The standard InChI is InChI=1S/C16H15NO4S2/c1-23(20,21)13-9-22-16-15(13)11(8-14(18)19)12(17-16)7-10-5-3-2-4-6-10/h2-6,9,17H,7-8H2,1H3,(H,18,19). The van der Waals surface area contributed by atoms with Crippen molar-refractivity contribution in [3.8, 4) is 0 Å². The number of fused-ring (bicyclic) bond motifs is 1. The number of nitrogens with one attached hydrogen (secondary N) is 1. The highest BCUT2D eigenvalue weighted by atomic mass is 32.2. The van der Waals surface area contributed by atoms with Crippen molar-refractivity contribution in [2.75, 3.05) is 6.26 Å². The molecule has 2 aromatic heterocycles. The van der Waals surface area contributed by atoms with Gasteiger partial charge in [-0.05, 0) is 11.1 Å². The van der Waals surface area contributed by atoms with Gasteiger partial charge in [-0.1, -0.05) is 30.3 Å². The molecule has 0 aliphatic carbocycles. The first-order valence-corrected chi connectivity index (χ1v) is 9.70. The summed E-state index contributed by atoms with van der Waals surface area (Å²) >= 11 is 1.29. The third kappa shape index (κ3) is 3.16. The number of carboxylic acid groups (broad SMARTS) is 1. The van der Waals surface area contributed by atoms with Crippen molar-refractivity contribution in [1.29, 1.82) is 0 Å². The van der Waals surface area contributed by atoms with E-state index in [4.69, 9.17) is 0 Å². The van der Waals surface area contributed by atoms with Crippen LogP contribution in [-0.2, 0) is 27.5 Å². The molecule has 0 bridgehead atoms. The van der Waals surface area contributed by atoms with Crippen LogP contribution in [0.3, 0.4) is 0 Å². The van der Waals surface area contributed by atoms with Crippen molar-refractivity contribution in [3.05, 3.63) is 52.5 Å². The van der Waals surface area contributed by atoms with Crippen LogP contribution < -0.4 is 0 Å². The SMILES string of the molecule is CS(=O)(=O)c1csc2[nH]c(Cc3ccccc3)c(CC(=O)O)c12. The van der Waals surface area contributed by atoms with E-state index in [0.29, 0.717) is 22.2 Å². The number of thiophene rings is 1. The van der Waals surface area contributed by atoms with Crippen molar-refractivity contribution in [2.45, 2.75) is 17.7 Å². The van der Waals surface area contributed by atoms with Gasteiger partial charge in [0.2, 0.25) is 0 Å². The maximum absolute atomic E-state index is 12.0. The quantitative estimate of drug-likeness (QED) is 0.741. The predicted molar refractivity (Wildman–Crippen MR) is 89.9 cm³/mol. The number of aliphatic carboxylic acids is 1. The summed E-state index contributed by atoms with van der Waals surface area (Å²) < 4.78 is 23.9. The fourth-order valence-corrected chi connectivity index (χ4v) is 5.03. The minimum Gasteiger partial charge on any atom is -0.481 e. The van der Waals surface area contributed by atoms with Gasteiger partial charge in [0.25, 0.3) is 0 Å². The summed E-state index contributed by atoms with van der Waals surface area (Å²) in [5, 5.41) is 11.3. The number of benzene rings is 1. The molecule has 1 aromatic carbocycles. The lowest BCUT2D eigenvalue weighted by Crippen LogP contribution is -2.04. The fraction of sp³-hybridized carbons (Fsp3) is 0.188. The van der Waals surface area contributed by atoms with Crippen molar-refractivity contribution < 1.29 is 18.3 Å². The molecule has 0 unspecified atom stereocenters. The zero-order chi connectivity index (χ0) is 16.6. The Morgan fingerprint density at radius 2 is 1.96 bits per heavy atom. The van der Waals surface area contributed by atoms with Crippen LogP contribution in [0, 0.1) is 0 Å². The van der Waals surface area contributed by atoms with Crippen molar-refractivity contribution in [2.24, 2.45) is 0 Å². The predicted octanol–water partition coefficient (Wildman–Crippen LogP) is 2.85. The van der Waals surface area contributed by atoms with Crippen molar-refractivity contribution in [3.63, 3.8) is 0 Å². The average Bonchev–Trinajstić information content (AvgIpc) is 3.00. The lowest BCUT2D eigenvalue weighted by Gasteiger charge is -2.04. The third-order valence-electron chi connectivity index (χ3n) is 3.64. The number of aromatic nitrogens is 1. The molecule has 0 radical (unpaired) electrons. The van der Waals surface area contributed by atoms with Crippen molar-refractivity contribution >= 4 is 37.4 Å². The fourth-order valence-electron chi connectivity index (χ4n) is 2.65. The number of hydrogen-bond acceptors (Lipinski definition) is 4. The first kappa shape index (κ1) is 15.8. The molecular formula is C16H15NO4S2. The van der Waals surface area contributed by atoms with Crippen LogP contribution in [-0.4, -0.2) is 30.7 Å². The summed E-state index contributed by atoms with van der Waals surface area (Å²) in [5.41, 5.74) is 2.34. The zero-order valence-corrected chi connectivity index (χ0v) is 14.0. The first-order valence-electron chi connectivity index (χ1n) is 6.93. The molecule has 2 N–H and O–H groups in total. The Balaban J connectivity index is 2.18. The molecule has 0 saturated carbocycles. The normalized spacial score (nSPS) is 11.9. The molecule has 3 aromatic rings. The largest absolute Gasteiger partial charge is 0.481 e. The monoisotopic (exact) mass is 349 g/mol. The number of hydrogen-bond donors (Lipinski definition) is 2. The molecule has 0 amide bonds. The Morgan fingerprint density at radius 1 is 1.26 bits per heavy atom. The van der Waals surface area contributed by atoms with Gasteiger partial charge in [0.15, 0.2) is 9.84 Å². The molecule has 5 nitrogen and oxygen atoms in total. The molecule has 23 heavy (non-hydrogen) atoms. The third-order valence-corrected chi connectivity index (χ3v) is 5.80. The second-order valence-corrected chi connectivity index (χ2v) is 8.26. The molecule has 2 heterocycles. The molecule has 0 saturated heterocycles. The number of carboxylic acids is 1. The topological polar surface area (TPSA) is 87.2 Å². The van der Waals surface area contributed by atoms with Crippen LogP contribution in [0.2, 0.25) is 0 Å². The Hall–Kier alpha value is -2.12. The molecule has 7 heteroatoms. The van der Waals surface area contributed by atoms with Gasteiger partial charge in [-0.25, -0.2) is 8.42 Å². The van der Waals surface area contributed by atoms with E-state index in [1.54, 1.807) is 5.38 Å². The van der Waals surface area contributed by atoms with E-state index in [2.05, 4.69) is 4.98 Å². The van der Waals surface area contributed by atoms with Crippen LogP contribution in [0.5, 0.6) is 0 Å². The van der Waals surface area contributed by atoms with Gasteiger partial charge < -0.3 is 10.1 Å². The second-order valence-electron chi connectivity index (χ2n) is 5.39. The molecule has 120 valence electrons. The number of sulfone groups is 1. The summed E-state index contributed by atoms with van der Waals surface area (Å²) in [5.74, 6) is -0.981. The molecule has 0 aliphatic heterocycles. The van der Waals surface area contributed by atoms with Gasteiger partial charge in [0.1, 0.15) is 4.83 Å². The molecule has 0 spiro atoms. The number of carbonyl (C=O) groups is 1. The second kappa shape index (κ2) is 5.82. The summed E-state index contributed by atoms with van der Waals surface area (Å²) in [6, 6.07) is 9.66. The number of rotatable bonds is 5. The number of H-pyrrole nitrogens is 1. The minimum atomic E-state index is -3.41. The van der Waals surface area contributed by atoms with Gasteiger partial charge in [-0.2, -0.15) is 0 Å². The van der Waals surface area contributed by atoms with Gasteiger partial charge in [-0.15, -0.1) is 11.3 Å². The van der Waals surface area contributed by atoms with Crippen LogP contribution >= 0.6 is 11.3 Å². The molecule has 3 rings (SSSR count). The van der Waals surface area contributed by atoms with E-state index >= 15 is 0 Å². The van der Waals surface area contributed by atoms with E-state index in [1.165, 1.54) is 11.3 Å². The molecule has 0 fully saturated rings. The smallest absolute Gasteiger partial charge is 0.307 e. The molecule has 0 atom stereocenters. The van der Waals surface area contributed by atoms with E-state index in [1.807, 2.05) is 30.3 Å². The maximum atomic E-state index is 12.0. The maximum Gasteiger partial charge on any atom is 0.307 e. The van der Waals surface area contributed by atoms with Crippen LogP contribution in [0.4, 0.5) is 0 Å². The van der Waals surface area contributed by atoms with Gasteiger partial charge in [0.05, 0.1) is 11.3 Å². The Labute approximate surface area is 137 Å². The minimum absolute atomic E-state index is 0.198. The summed E-state index contributed by atoms with van der Waals surface area (Å²) in [6.07, 6.45) is 1.47. The highest BCUT2D eigenvalue weighted by molar-refractivity contribution is 7.91. The molecule has 0 aliphatic rings. The summed E-state index contributed by atoms with van der Waals surface area (Å²) in [6.45, 7) is 0. The highest BCUT2D eigenvalue weighted by Gasteiger charge is 2.23. The van der Waals surface area contributed by atoms with Crippen LogP contribution in [0.1, 0.15) is 16.8 Å². The molecular weight excluding hydrogens is 334 g/mol. The van der Waals surface area contributed by atoms with E-state index < -0.39 is 15.8 Å². The summed E-state index contributed by atoms with van der Waals surface area (Å²) in [7, 11) is -3.41. The average molecular weight is 349 g/mol.